The van der Waals surface area contributed by atoms with E-state index in [1.54, 1.807) is 0 Å². The minimum Gasteiger partial charge on any atom is -0.480 e. The number of carbonyl (C=O) groups excluding carboxylic acids is 1. The third-order valence-corrected chi connectivity index (χ3v) is 3.05. The average Bonchev–Trinajstić information content (AvgIpc) is 2.28. The summed E-state index contributed by atoms with van der Waals surface area (Å²) in [6.07, 6.45) is -1.23. The molecule has 0 radical (unpaired) electrons. The maximum Gasteiger partial charge on any atom is 0.328 e. The molecule has 1 aromatic carbocycles. The van der Waals surface area contributed by atoms with Crippen molar-refractivity contribution in [1.82, 2.24) is 5.32 Å². The first-order valence-corrected chi connectivity index (χ1v) is 5.76. The maximum atomic E-state index is 11.8. The Morgan fingerprint density at radius 2 is 1.94 bits per heavy atom. The first-order chi connectivity index (χ1) is 8.34. The molecule has 2 atom stereocenters. The highest BCUT2D eigenvalue weighted by atomic mass is 35.5. The van der Waals surface area contributed by atoms with Gasteiger partial charge in [0.2, 0.25) is 0 Å². The fourth-order valence-electron chi connectivity index (χ4n) is 1.29. The second-order valence-corrected chi connectivity index (χ2v) is 4.42. The SMILES string of the molecule is C[C@@H](O)[C@H](NC(=O)c1cccc(Cl)c1Cl)C(=O)O. The van der Waals surface area contributed by atoms with Crippen LogP contribution >= 0.6 is 23.2 Å². The lowest BCUT2D eigenvalue weighted by Gasteiger charge is -2.17. The summed E-state index contributed by atoms with van der Waals surface area (Å²) in [5, 5.41) is 20.5. The predicted molar refractivity (Wildman–Crippen MR) is 67.0 cm³/mol. The van der Waals surface area contributed by atoms with E-state index in [4.69, 9.17) is 28.3 Å². The Morgan fingerprint density at radius 1 is 1.33 bits per heavy atom. The zero-order valence-corrected chi connectivity index (χ0v) is 10.9. The lowest BCUT2D eigenvalue weighted by Crippen LogP contribution is -2.47. The van der Waals surface area contributed by atoms with Crippen LogP contribution in [0.3, 0.4) is 0 Å². The van der Waals surface area contributed by atoms with Gasteiger partial charge in [0.25, 0.3) is 5.91 Å². The van der Waals surface area contributed by atoms with Gasteiger partial charge >= 0.3 is 5.97 Å². The minimum atomic E-state index is -1.41. The van der Waals surface area contributed by atoms with Crippen LogP contribution in [0.1, 0.15) is 17.3 Å². The molecule has 0 bridgehead atoms. The number of aliphatic hydroxyl groups is 1. The summed E-state index contributed by atoms with van der Waals surface area (Å²) in [5.41, 5.74) is 0.0519. The monoisotopic (exact) mass is 291 g/mol. The number of benzene rings is 1. The molecule has 0 aromatic heterocycles. The molecule has 0 unspecified atom stereocenters. The van der Waals surface area contributed by atoms with Crippen molar-refractivity contribution in [2.75, 3.05) is 0 Å². The van der Waals surface area contributed by atoms with Gasteiger partial charge in [-0.1, -0.05) is 29.3 Å². The first kappa shape index (κ1) is 14.8. The van der Waals surface area contributed by atoms with Gasteiger partial charge < -0.3 is 15.5 Å². The van der Waals surface area contributed by atoms with Crippen molar-refractivity contribution in [2.45, 2.75) is 19.1 Å². The number of halogens is 2. The van der Waals surface area contributed by atoms with Gasteiger partial charge in [-0.05, 0) is 19.1 Å². The van der Waals surface area contributed by atoms with E-state index in [0.29, 0.717) is 0 Å². The fraction of sp³-hybridized carbons (Fsp3) is 0.273. The molecule has 1 rings (SSSR count). The number of hydrogen-bond acceptors (Lipinski definition) is 3. The van der Waals surface area contributed by atoms with Gasteiger partial charge in [-0.3, -0.25) is 4.79 Å². The summed E-state index contributed by atoms with van der Waals surface area (Å²) in [5.74, 6) is -2.05. The third-order valence-electron chi connectivity index (χ3n) is 2.23. The van der Waals surface area contributed by atoms with Crippen LogP contribution < -0.4 is 5.32 Å². The highest BCUT2D eigenvalue weighted by molar-refractivity contribution is 6.43. The summed E-state index contributed by atoms with van der Waals surface area (Å²) in [4.78, 5) is 22.6. The molecule has 5 nitrogen and oxygen atoms in total. The Labute approximate surface area is 113 Å². The van der Waals surface area contributed by atoms with E-state index >= 15 is 0 Å². The quantitative estimate of drug-likeness (QED) is 0.786. The summed E-state index contributed by atoms with van der Waals surface area (Å²) >= 11 is 11.6. The van der Waals surface area contributed by atoms with E-state index in [2.05, 4.69) is 5.32 Å². The van der Waals surface area contributed by atoms with Gasteiger partial charge in [0.05, 0.1) is 21.7 Å². The number of nitrogens with one attached hydrogen (secondary N) is 1. The first-order valence-electron chi connectivity index (χ1n) is 5.00. The highest BCUT2D eigenvalue weighted by Gasteiger charge is 2.26. The van der Waals surface area contributed by atoms with Crippen molar-refractivity contribution in [3.05, 3.63) is 33.8 Å². The molecule has 0 saturated carbocycles. The zero-order valence-electron chi connectivity index (χ0n) is 9.35. The van der Waals surface area contributed by atoms with E-state index in [0.717, 1.165) is 0 Å². The van der Waals surface area contributed by atoms with E-state index in [1.165, 1.54) is 25.1 Å². The molecular weight excluding hydrogens is 281 g/mol. The molecular formula is C11H11Cl2NO4. The summed E-state index contributed by atoms with van der Waals surface area (Å²) < 4.78 is 0. The Bertz CT molecular complexity index is 476. The molecule has 1 aromatic rings. The molecule has 0 fully saturated rings. The Morgan fingerprint density at radius 3 is 2.44 bits per heavy atom. The van der Waals surface area contributed by atoms with Crippen LogP contribution in [0.15, 0.2) is 18.2 Å². The van der Waals surface area contributed by atoms with E-state index < -0.39 is 24.0 Å². The van der Waals surface area contributed by atoms with Crippen molar-refractivity contribution in [2.24, 2.45) is 0 Å². The second kappa shape index (κ2) is 6.04. The van der Waals surface area contributed by atoms with Crippen LogP contribution in [0.2, 0.25) is 10.0 Å². The van der Waals surface area contributed by atoms with Crippen molar-refractivity contribution in [1.29, 1.82) is 0 Å². The molecule has 18 heavy (non-hydrogen) atoms. The minimum absolute atomic E-state index is 0.0337. The van der Waals surface area contributed by atoms with Gasteiger partial charge in [-0.25, -0.2) is 4.79 Å². The second-order valence-electron chi connectivity index (χ2n) is 3.63. The zero-order chi connectivity index (χ0) is 13.9. The van der Waals surface area contributed by atoms with Crippen LogP contribution in [0.25, 0.3) is 0 Å². The third kappa shape index (κ3) is 3.35. The summed E-state index contributed by atoms with van der Waals surface area (Å²) in [6, 6.07) is 3.02. The molecule has 0 heterocycles. The van der Waals surface area contributed by atoms with Crippen molar-refractivity contribution in [3.8, 4) is 0 Å². The number of aliphatic carboxylic acids is 1. The maximum absolute atomic E-state index is 11.8. The number of hydrogen-bond donors (Lipinski definition) is 3. The summed E-state index contributed by atoms with van der Waals surface area (Å²) in [6.45, 7) is 1.26. The van der Waals surface area contributed by atoms with Crippen molar-refractivity contribution in [3.63, 3.8) is 0 Å². The molecule has 0 aliphatic rings. The Kier molecular flexibility index (Phi) is 4.95. The van der Waals surface area contributed by atoms with Crippen LogP contribution in [0.4, 0.5) is 0 Å². The van der Waals surface area contributed by atoms with Crippen LogP contribution in [0.5, 0.6) is 0 Å². The number of aliphatic hydroxyl groups excluding tert-OH is 1. The molecule has 0 aliphatic heterocycles. The fourth-order valence-corrected chi connectivity index (χ4v) is 1.67. The van der Waals surface area contributed by atoms with Crippen LogP contribution in [-0.4, -0.2) is 34.2 Å². The molecule has 7 heteroatoms. The molecule has 0 saturated heterocycles. The number of carbonyl (C=O) groups is 2. The number of carboxylic acids is 1. The van der Waals surface area contributed by atoms with Gasteiger partial charge in [0.1, 0.15) is 0 Å². The molecule has 3 N–H and O–H groups in total. The lowest BCUT2D eigenvalue weighted by atomic mass is 10.1. The Hall–Kier alpha value is -1.30. The normalized spacial score (nSPS) is 13.8. The van der Waals surface area contributed by atoms with Crippen LogP contribution in [-0.2, 0) is 4.79 Å². The smallest absolute Gasteiger partial charge is 0.328 e. The van der Waals surface area contributed by atoms with Gasteiger partial charge in [-0.2, -0.15) is 0 Å². The van der Waals surface area contributed by atoms with E-state index in [9.17, 15) is 14.7 Å². The van der Waals surface area contributed by atoms with Crippen molar-refractivity contribution >= 4 is 35.1 Å². The number of amides is 1. The largest absolute Gasteiger partial charge is 0.480 e. The molecule has 0 aliphatic carbocycles. The Balaban J connectivity index is 2.94. The van der Waals surface area contributed by atoms with Gasteiger partial charge in [-0.15, -0.1) is 0 Å². The van der Waals surface area contributed by atoms with E-state index in [-0.39, 0.29) is 15.6 Å². The number of carboxylic acid groups (broad SMARTS) is 1. The lowest BCUT2D eigenvalue weighted by molar-refractivity contribution is -0.141. The standard InChI is InChI=1S/C11H11Cl2NO4/c1-5(15)9(11(17)18)14-10(16)6-3-2-4-7(12)8(6)13/h2-5,9,15H,1H3,(H,14,16)(H,17,18)/t5-,9+/m1/s1. The molecule has 0 spiro atoms. The van der Waals surface area contributed by atoms with Crippen LogP contribution in [0, 0.1) is 0 Å². The topological polar surface area (TPSA) is 86.6 Å². The highest BCUT2D eigenvalue weighted by Crippen LogP contribution is 2.25. The van der Waals surface area contributed by atoms with Crippen molar-refractivity contribution < 1.29 is 19.8 Å². The molecule has 1 amide bonds. The average molecular weight is 292 g/mol. The van der Waals surface area contributed by atoms with Gasteiger partial charge in [0.15, 0.2) is 6.04 Å². The summed E-state index contributed by atoms with van der Waals surface area (Å²) in [7, 11) is 0. The number of rotatable bonds is 4. The predicted octanol–water partition coefficient (Wildman–Crippen LogP) is 1.56. The van der Waals surface area contributed by atoms with E-state index in [1.807, 2.05) is 0 Å². The van der Waals surface area contributed by atoms with Gasteiger partial charge in [0, 0.05) is 0 Å². The molecule has 98 valence electrons.